The van der Waals surface area contributed by atoms with Gasteiger partial charge in [-0.15, -0.1) is 6.58 Å². The number of nitrogens with one attached hydrogen (secondary N) is 1. The monoisotopic (exact) mass is 900 g/mol. The Morgan fingerprint density at radius 3 is 2.48 bits per heavy atom. The minimum atomic E-state index is -1.54. The molecule has 3 N–H and O–H groups in total. The number of unbranched alkanes of at least 4 members (excludes halogenated alkanes) is 2. The summed E-state index contributed by atoms with van der Waals surface area (Å²) in [6, 6.07) is 24.6. The summed E-state index contributed by atoms with van der Waals surface area (Å²) in [6.45, 7) is 8.73. The van der Waals surface area contributed by atoms with Gasteiger partial charge in [-0.25, -0.2) is 4.79 Å². The van der Waals surface area contributed by atoms with Crippen LogP contribution in [0.15, 0.2) is 120 Å². The van der Waals surface area contributed by atoms with Gasteiger partial charge >= 0.3 is 6.09 Å². The van der Waals surface area contributed by atoms with E-state index in [1.54, 1.807) is 41.3 Å². The van der Waals surface area contributed by atoms with Gasteiger partial charge < -0.3 is 39.5 Å². The minimum Gasteiger partial charge on any atom is -0.459 e. The highest BCUT2D eigenvalue weighted by Crippen LogP contribution is 2.62. The van der Waals surface area contributed by atoms with Gasteiger partial charge in [0.15, 0.2) is 0 Å². The fourth-order valence-electron chi connectivity index (χ4n) is 10.1. The lowest BCUT2D eigenvalue weighted by Gasteiger charge is -2.60. The third-order valence-corrected chi connectivity index (χ3v) is 12.9. The fraction of sp³-hybridized carbons (Fsp3) is 0.404. The Bertz CT molecular complexity index is 2450. The lowest BCUT2D eigenvalue weighted by atomic mass is 9.55. The molecule has 4 aromatic carbocycles. The van der Waals surface area contributed by atoms with Crippen molar-refractivity contribution in [2.75, 3.05) is 33.0 Å². The van der Waals surface area contributed by atoms with E-state index in [0.717, 1.165) is 53.2 Å². The van der Waals surface area contributed by atoms with E-state index in [4.69, 9.17) is 24.2 Å². The molecule has 14 heteroatoms. The van der Waals surface area contributed by atoms with Gasteiger partial charge in [0, 0.05) is 62.4 Å². The molecule has 0 saturated heterocycles. The number of hydrogen-bond donors (Lipinski definition) is 3. The van der Waals surface area contributed by atoms with Crippen LogP contribution in [0.1, 0.15) is 81.4 Å². The molecule has 0 spiro atoms. The van der Waals surface area contributed by atoms with Crippen molar-refractivity contribution in [2.45, 2.75) is 83.1 Å². The van der Waals surface area contributed by atoms with Gasteiger partial charge in [0.2, 0.25) is 11.7 Å². The number of rotatable bonds is 21. The number of nitrogens with zero attached hydrogens (tertiary/aromatic N) is 3. The number of nitro groups is 1. The maximum atomic E-state index is 15.3. The molecule has 1 heterocycles. The average Bonchev–Trinajstić information content (AvgIpc) is 3.32. The number of benzene rings is 4. The predicted octanol–water partition coefficient (Wildman–Crippen LogP) is 9.25. The van der Waals surface area contributed by atoms with Crippen LogP contribution >= 0.6 is 0 Å². The van der Waals surface area contributed by atoms with Gasteiger partial charge in [-0.05, 0) is 115 Å². The highest BCUT2D eigenvalue weighted by molar-refractivity contribution is 6.03. The Balaban J connectivity index is 1.47. The second-order valence-corrected chi connectivity index (χ2v) is 16.9. The molecule has 2 amide bonds. The van der Waals surface area contributed by atoms with Crippen LogP contribution in [0.4, 0.5) is 10.5 Å². The van der Waals surface area contributed by atoms with Gasteiger partial charge in [-0.2, -0.15) is 0 Å². The molecule has 1 aliphatic heterocycles. The summed E-state index contributed by atoms with van der Waals surface area (Å²) in [5.74, 6) is -2.02. The topological polar surface area (TPSA) is 182 Å². The SMILES string of the molecule is C=CCO[C@@]12Oc3ccc(OC(=O)NCC)cc3[C@H]3[C@H](CCCCO)[C@@H](CCCCO)C=C(C(=NOCC)C[C@@H]1N(Cc1cccc4ccccc14)C(=O)C=Cc1ccc([N+](=O)[O-])cc1)[C@H]32. The number of amides is 2. The summed E-state index contributed by atoms with van der Waals surface area (Å²) in [4.78, 5) is 46.8. The smallest absolute Gasteiger partial charge is 0.412 e. The first-order valence-corrected chi connectivity index (χ1v) is 23.0. The van der Waals surface area contributed by atoms with E-state index in [2.05, 4.69) is 18.0 Å². The largest absolute Gasteiger partial charge is 0.459 e. The number of hydrogen-bond acceptors (Lipinski definition) is 11. The number of carbonyl (C=O) groups excluding carboxylic acids is 2. The number of fused-ring (bicyclic) bond motifs is 3. The molecule has 0 unspecified atom stereocenters. The Labute approximate surface area is 385 Å². The molecule has 4 aromatic rings. The molecule has 66 heavy (non-hydrogen) atoms. The maximum absolute atomic E-state index is 15.3. The number of carbonyl (C=O) groups is 2. The van der Waals surface area contributed by atoms with Crippen molar-refractivity contribution in [3.05, 3.63) is 142 Å². The van der Waals surface area contributed by atoms with Gasteiger partial charge in [0.05, 0.1) is 23.2 Å². The molecular formula is C52H60N4O10. The second kappa shape index (κ2) is 22.2. The van der Waals surface area contributed by atoms with E-state index in [1.807, 2.05) is 62.4 Å². The van der Waals surface area contributed by atoms with Crippen LogP contribution in [0.3, 0.4) is 0 Å². The minimum absolute atomic E-state index is 0.00364. The Morgan fingerprint density at radius 2 is 1.76 bits per heavy atom. The third kappa shape index (κ3) is 10.4. The first-order chi connectivity index (χ1) is 32.2. The van der Waals surface area contributed by atoms with Crippen LogP contribution in [0.2, 0.25) is 0 Å². The van der Waals surface area contributed by atoms with E-state index in [-0.39, 0.29) is 62.1 Å². The molecule has 1 saturated carbocycles. The average molecular weight is 901 g/mol. The van der Waals surface area contributed by atoms with Gasteiger partial charge in [-0.3, -0.25) is 14.9 Å². The summed E-state index contributed by atoms with van der Waals surface area (Å²) >= 11 is 0. The standard InChI is InChI=1S/C52H60N4O10/c1-4-30-63-52-47(55(34-38-17-13-16-36-14-7-8-18-41(36)38)48(59)27-22-35-20-23-39(24-21-35)56(61)62)33-45(54-64-6-3)43-31-37(15-9-11-28-57)42(19-10-12-29-58)49(50(43)52)44-32-40(25-26-46(44)66-52)65-51(60)53-5-2/h4,7-8,13-14,16-18,20-27,31-32,37,42,47,49-50,57-58H,1,5-6,9-12,15,19,28-30,33-34H2,2-3H3,(H,53,60)/t37-,42+,47-,49+,50+,52+/m0/s1. The molecule has 7 rings (SSSR count). The summed E-state index contributed by atoms with van der Waals surface area (Å²) in [5, 5.41) is 40.9. The van der Waals surface area contributed by atoms with Crippen molar-refractivity contribution in [2.24, 2.45) is 22.9 Å². The van der Waals surface area contributed by atoms with Crippen molar-refractivity contribution in [1.29, 1.82) is 0 Å². The highest BCUT2D eigenvalue weighted by Gasteiger charge is 2.65. The Morgan fingerprint density at radius 1 is 1.00 bits per heavy atom. The lowest BCUT2D eigenvalue weighted by Crippen LogP contribution is -2.70. The van der Waals surface area contributed by atoms with E-state index in [0.29, 0.717) is 48.8 Å². The van der Waals surface area contributed by atoms with Crippen molar-refractivity contribution in [1.82, 2.24) is 10.2 Å². The molecule has 348 valence electrons. The zero-order valence-electron chi connectivity index (χ0n) is 37.7. The highest BCUT2D eigenvalue weighted by atomic mass is 16.7. The van der Waals surface area contributed by atoms with Crippen molar-refractivity contribution in [3.8, 4) is 11.5 Å². The van der Waals surface area contributed by atoms with E-state index < -0.39 is 28.8 Å². The van der Waals surface area contributed by atoms with E-state index in [9.17, 15) is 25.1 Å². The molecule has 6 atom stereocenters. The quantitative estimate of drug-likeness (QED) is 0.0240. The number of allylic oxidation sites excluding steroid dienone is 1. The summed E-state index contributed by atoms with van der Waals surface area (Å²) in [6.07, 6.45) is 10.9. The molecule has 14 nitrogen and oxygen atoms in total. The number of aliphatic hydroxyl groups is 2. The maximum Gasteiger partial charge on any atom is 0.412 e. The lowest BCUT2D eigenvalue weighted by molar-refractivity contribution is -0.384. The molecule has 1 fully saturated rings. The van der Waals surface area contributed by atoms with Crippen LogP contribution in [-0.2, 0) is 20.9 Å². The van der Waals surface area contributed by atoms with Crippen molar-refractivity contribution in [3.63, 3.8) is 0 Å². The number of ether oxygens (including phenoxy) is 3. The van der Waals surface area contributed by atoms with E-state index >= 15 is 4.79 Å². The van der Waals surface area contributed by atoms with Gasteiger partial charge in [0.1, 0.15) is 24.1 Å². The first kappa shape index (κ1) is 47.6. The molecule has 0 bridgehead atoms. The van der Waals surface area contributed by atoms with Gasteiger partial charge in [0.25, 0.3) is 5.69 Å². The third-order valence-electron chi connectivity index (χ3n) is 12.9. The predicted molar refractivity (Wildman–Crippen MR) is 253 cm³/mol. The molecule has 3 aliphatic rings. The van der Waals surface area contributed by atoms with Crippen LogP contribution in [0.25, 0.3) is 16.8 Å². The first-order valence-electron chi connectivity index (χ1n) is 23.0. The zero-order valence-corrected chi connectivity index (χ0v) is 37.7. The van der Waals surface area contributed by atoms with E-state index in [1.165, 1.54) is 18.2 Å². The summed E-state index contributed by atoms with van der Waals surface area (Å²) in [7, 11) is 0. The van der Waals surface area contributed by atoms with Crippen LogP contribution in [0, 0.1) is 27.9 Å². The number of non-ortho nitro benzene ring substituents is 1. The molecular weight excluding hydrogens is 841 g/mol. The Kier molecular flexibility index (Phi) is 16.0. The normalized spacial score (nSPS) is 22.5. The fourth-order valence-corrected chi connectivity index (χ4v) is 10.1. The van der Waals surface area contributed by atoms with Crippen molar-refractivity contribution >= 4 is 40.2 Å². The molecule has 0 aromatic heterocycles. The molecule has 0 radical (unpaired) electrons. The summed E-state index contributed by atoms with van der Waals surface area (Å²) in [5.41, 5.74) is 3.77. The van der Waals surface area contributed by atoms with Gasteiger partial charge in [-0.1, -0.05) is 72.6 Å². The summed E-state index contributed by atoms with van der Waals surface area (Å²) < 4.78 is 20.3. The Hall–Kier alpha value is -6.35. The second-order valence-electron chi connectivity index (χ2n) is 16.9. The number of nitro benzene ring substituents is 1. The van der Waals surface area contributed by atoms with Crippen LogP contribution < -0.4 is 14.8 Å². The van der Waals surface area contributed by atoms with Crippen LogP contribution in [-0.4, -0.2) is 82.5 Å². The number of aliphatic hydroxyl groups excluding tert-OH is 2. The van der Waals surface area contributed by atoms with Crippen molar-refractivity contribution < 1.29 is 43.8 Å². The van der Waals surface area contributed by atoms with Crippen LogP contribution in [0.5, 0.6) is 11.5 Å². The number of oxime groups is 1. The zero-order chi connectivity index (χ0) is 46.6. The molecule has 2 aliphatic carbocycles.